The molecule has 0 aromatic heterocycles. The van der Waals surface area contributed by atoms with Gasteiger partial charge in [0.05, 0.1) is 18.8 Å². The van der Waals surface area contributed by atoms with Gasteiger partial charge in [0.25, 0.3) is 0 Å². The van der Waals surface area contributed by atoms with Gasteiger partial charge in [-0.1, -0.05) is 30.3 Å². The molecule has 0 bridgehead atoms. The van der Waals surface area contributed by atoms with Gasteiger partial charge in [0.2, 0.25) is 0 Å². The summed E-state index contributed by atoms with van der Waals surface area (Å²) in [5.41, 5.74) is 1.58. The van der Waals surface area contributed by atoms with Crippen LogP contribution in [0.3, 0.4) is 0 Å². The number of hydrogen-bond donors (Lipinski definition) is 0. The minimum Gasteiger partial charge on any atom is -0.457 e. The van der Waals surface area contributed by atoms with Crippen molar-refractivity contribution in [2.45, 2.75) is 6.61 Å². The Morgan fingerprint density at radius 3 is 2.57 bits per heavy atom. The molecular weight excluding hydrogens is 297 g/mol. The fourth-order valence-electron chi connectivity index (χ4n) is 2.49. The number of esters is 1. The molecule has 0 atom stereocenters. The van der Waals surface area contributed by atoms with Crippen LogP contribution in [0.4, 0.5) is 10.1 Å². The van der Waals surface area contributed by atoms with Gasteiger partial charge in [-0.15, -0.1) is 0 Å². The first-order valence-electron chi connectivity index (χ1n) is 7.57. The SMILES string of the molecule is O=C(OCc1ccccc1)c1ccc(N2CCOCC2)cc1F. The monoisotopic (exact) mass is 315 g/mol. The van der Waals surface area contributed by atoms with E-state index in [2.05, 4.69) is 0 Å². The summed E-state index contributed by atoms with van der Waals surface area (Å²) in [6.07, 6.45) is 0. The zero-order valence-electron chi connectivity index (χ0n) is 12.7. The predicted octanol–water partition coefficient (Wildman–Crippen LogP) is 3.02. The van der Waals surface area contributed by atoms with Gasteiger partial charge in [0.1, 0.15) is 12.4 Å². The number of rotatable bonds is 4. The van der Waals surface area contributed by atoms with E-state index in [-0.39, 0.29) is 12.2 Å². The minimum absolute atomic E-state index is 0.0436. The van der Waals surface area contributed by atoms with Crippen molar-refractivity contribution in [2.75, 3.05) is 31.2 Å². The van der Waals surface area contributed by atoms with Gasteiger partial charge in [-0.3, -0.25) is 0 Å². The van der Waals surface area contributed by atoms with Crippen molar-refractivity contribution in [1.29, 1.82) is 0 Å². The summed E-state index contributed by atoms with van der Waals surface area (Å²) in [7, 11) is 0. The highest BCUT2D eigenvalue weighted by molar-refractivity contribution is 5.90. The average Bonchev–Trinajstić information content (AvgIpc) is 2.61. The Kier molecular flexibility index (Phi) is 4.88. The van der Waals surface area contributed by atoms with Crippen molar-refractivity contribution in [3.63, 3.8) is 0 Å². The largest absolute Gasteiger partial charge is 0.457 e. The number of halogens is 1. The van der Waals surface area contributed by atoms with E-state index in [0.29, 0.717) is 13.2 Å². The molecular formula is C18H18FNO3. The maximum atomic E-state index is 14.2. The van der Waals surface area contributed by atoms with E-state index in [1.54, 1.807) is 6.07 Å². The normalized spacial score (nSPS) is 14.6. The van der Waals surface area contributed by atoms with Crippen LogP contribution in [0.2, 0.25) is 0 Å². The van der Waals surface area contributed by atoms with Gasteiger partial charge < -0.3 is 14.4 Å². The lowest BCUT2D eigenvalue weighted by atomic mass is 10.1. The number of anilines is 1. The van der Waals surface area contributed by atoms with E-state index >= 15 is 0 Å². The predicted molar refractivity (Wildman–Crippen MR) is 85.0 cm³/mol. The molecule has 120 valence electrons. The molecule has 4 nitrogen and oxygen atoms in total. The van der Waals surface area contributed by atoms with Crippen LogP contribution in [0.15, 0.2) is 48.5 Å². The van der Waals surface area contributed by atoms with Crippen LogP contribution in [0.1, 0.15) is 15.9 Å². The first kappa shape index (κ1) is 15.5. The molecule has 1 fully saturated rings. The zero-order valence-corrected chi connectivity index (χ0v) is 12.7. The lowest BCUT2D eigenvalue weighted by Gasteiger charge is -2.29. The van der Waals surface area contributed by atoms with Gasteiger partial charge >= 0.3 is 5.97 Å². The topological polar surface area (TPSA) is 38.8 Å². The Balaban J connectivity index is 1.66. The maximum Gasteiger partial charge on any atom is 0.341 e. The maximum absolute atomic E-state index is 14.2. The zero-order chi connectivity index (χ0) is 16.1. The van der Waals surface area contributed by atoms with Crippen LogP contribution < -0.4 is 4.90 Å². The molecule has 0 saturated carbocycles. The molecule has 23 heavy (non-hydrogen) atoms. The van der Waals surface area contributed by atoms with Gasteiger partial charge in [-0.05, 0) is 23.8 Å². The van der Waals surface area contributed by atoms with Crippen molar-refractivity contribution >= 4 is 11.7 Å². The van der Waals surface area contributed by atoms with Crippen LogP contribution in [-0.2, 0) is 16.1 Å². The van der Waals surface area contributed by atoms with Crippen LogP contribution in [0.5, 0.6) is 0 Å². The number of benzene rings is 2. The second-order valence-electron chi connectivity index (χ2n) is 5.33. The van der Waals surface area contributed by atoms with Crippen LogP contribution >= 0.6 is 0 Å². The molecule has 0 amide bonds. The third-order valence-corrected chi connectivity index (χ3v) is 3.76. The molecule has 0 N–H and O–H groups in total. The highest BCUT2D eigenvalue weighted by atomic mass is 19.1. The number of carbonyl (C=O) groups is 1. The Hall–Kier alpha value is -2.40. The smallest absolute Gasteiger partial charge is 0.341 e. The highest BCUT2D eigenvalue weighted by Gasteiger charge is 2.17. The quantitative estimate of drug-likeness (QED) is 0.813. The standard InChI is InChI=1S/C18H18FNO3/c19-17-12-15(20-8-10-22-11-9-20)6-7-16(17)18(21)23-13-14-4-2-1-3-5-14/h1-7,12H,8-11,13H2. The Morgan fingerprint density at radius 2 is 1.87 bits per heavy atom. The van der Waals surface area contributed by atoms with Crippen LogP contribution in [0.25, 0.3) is 0 Å². The summed E-state index contributed by atoms with van der Waals surface area (Å²) in [5, 5.41) is 0. The number of morpholine rings is 1. The highest BCUT2D eigenvalue weighted by Crippen LogP contribution is 2.20. The molecule has 0 unspecified atom stereocenters. The first-order chi connectivity index (χ1) is 11.2. The Morgan fingerprint density at radius 1 is 1.13 bits per heavy atom. The second kappa shape index (κ2) is 7.24. The summed E-state index contributed by atoms with van der Waals surface area (Å²) in [4.78, 5) is 14.1. The van der Waals surface area contributed by atoms with Gasteiger partial charge in [-0.25, -0.2) is 9.18 Å². The van der Waals surface area contributed by atoms with E-state index in [0.717, 1.165) is 24.3 Å². The van der Waals surface area contributed by atoms with Crippen molar-refractivity contribution in [3.8, 4) is 0 Å². The molecule has 1 saturated heterocycles. The fraction of sp³-hybridized carbons (Fsp3) is 0.278. The van der Waals surface area contributed by atoms with E-state index in [9.17, 15) is 9.18 Å². The summed E-state index contributed by atoms with van der Waals surface area (Å²) in [6.45, 7) is 2.82. The molecule has 1 heterocycles. The third kappa shape index (κ3) is 3.87. The van der Waals surface area contributed by atoms with E-state index in [4.69, 9.17) is 9.47 Å². The average molecular weight is 315 g/mol. The lowest BCUT2D eigenvalue weighted by molar-refractivity contribution is 0.0467. The number of ether oxygens (including phenoxy) is 2. The number of hydrogen-bond acceptors (Lipinski definition) is 4. The molecule has 1 aliphatic rings. The van der Waals surface area contributed by atoms with E-state index < -0.39 is 11.8 Å². The van der Waals surface area contributed by atoms with Crippen molar-refractivity contribution in [1.82, 2.24) is 0 Å². The van der Waals surface area contributed by atoms with E-state index in [1.165, 1.54) is 12.1 Å². The van der Waals surface area contributed by atoms with Crippen LogP contribution in [0, 0.1) is 5.82 Å². The molecule has 2 aromatic rings. The minimum atomic E-state index is -0.653. The molecule has 3 rings (SSSR count). The van der Waals surface area contributed by atoms with Gasteiger partial charge in [0.15, 0.2) is 0 Å². The Labute approximate surface area is 134 Å². The number of nitrogens with zero attached hydrogens (tertiary/aromatic N) is 1. The third-order valence-electron chi connectivity index (χ3n) is 3.76. The summed E-state index contributed by atoms with van der Waals surface area (Å²) in [6, 6.07) is 13.9. The van der Waals surface area contributed by atoms with E-state index in [1.807, 2.05) is 35.2 Å². The molecule has 0 aliphatic carbocycles. The molecule has 2 aromatic carbocycles. The molecule has 1 aliphatic heterocycles. The first-order valence-corrected chi connectivity index (χ1v) is 7.57. The van der Waals surface area contributed by atoms with Crippen molar-refractivity contribution in [2.24, 2.45) is 0 Å². The van der Waals surface area contributed by atoms with Crippen molar-refractivity contribution < 1.29 is 18.7 Å². The Bertz CT molecular complexity index is 669. The molecule has 5 heteroatoms. The summed E-state index contributed by atoms with van der Waals surface area (Å²) < 4.78 is 24.7. The molecule has 0 radical (unpaired) electrons. The fourth-order valence-corrected chi connectivity index (χ4v) is 2.49. The molecule has 0 spiro atoms. The van der Waals surface area contributed by atoms with Crippen LogP contribution in [-0.4, -0.2) is 32.3 Å². The number of carbonyl (C=O) groups excluding carboxylic acids is 1. The van der Waals surface area contributed by atoms with Gasteiger partial charge in [0, 0.05) is 18.8 Å². The van der Waals surface area contributed by atoms with Gasteiger partial charge in [-0.2, -0.15) is 0 Å². The van der Waals surface area contributed by atoms with Crippen molar-refractivity contribution in [3.05, 3.63) is 65.5 Å². The second-order valence-corrected chi connectivity index (χ2v) is 5.33. The summed E-state index contributed by atoms with van der Waals surface area (Å²) >= 11 is 0. The summed E-state index contributed by atoms with van der Waals surface area (Å²) in [5.74, 6) is -1.22. The lowest BCUT2D eigenvalue weighted by Crippen LogP contribution is -2.36.